The highest BCUT2D eigenvalue weighted by atomic mass is 16.2. The predicted octanol–water partition coefficient (Wildman–Crippen LogP) is 0.0173. The molecule has 5 heteroatoms. The maximum atomic E-state index is 11.9. The van der Waals surface area contributed by atoms with Gasteiger partial charge in [-0.15, -0.1) is 0 Å². The SMILES string of the molecule is CC.CCN1CCN2C(=O)CN(C)C(=O)C2C1. The number of fused-ring (bicyclic) bond motifs is 1. The smallest absolute Gasteiger partial charge is 0.246 e. The minimum absolute atomic E-state index is 0.0766. The van der Waals surface area contributed by atoms with Gasteiger partial charge in [0.25, 0.3) is 0 Å². The van der Waals surface area contributed by atoms with Crippen molar-refractivity contribution in [2.75, 3.05) is 39.8 Å². The van der Waals surface area contributed by atoms with Gasteiger partial charge in [0, 0.05) is 26.7 Å². The Morgan fingerprint density at radius 1 is 1.24 bits per heavy atom. The maximum Gasteiger partial charge on any atom is 0.246 e. The van der Waals surface area contributed by atoms with Crippen LogP contribution < -0.4 is 0 Å². The van der Waals surface area contributed by atoms with Gasteiger partial charge in [-0.05, 0) is 6.54 Å². The van der Waals surface area contributed by atoms with E-state index in [0.29, 0.717) is 13.1 Å². The van der Waals surface area contributed by atoms with Gasteiger partial charge in [0.1, 0.15) is 6.04 Å². The molecule has 0 N–H and O–H groups in total. The topological polar surface area (TPSA) is 43.9 Å². The molecule has 2 amide bonds. The van der Waals surface area contributed by atoms with Gasteiger partial charge in [-0.2, -0.15) is 0 Å². The summed E-state index contributed by atoms with van der Waals surface area (Å²) < 4.78 is 0. The van der Waals surface area contributed by atoms with E-state index < -0.39 is 0 Å². The first-order valence-electron chi connectivity index (χ1n) is 6.40. The van der Waals surface area contributed by atoms with E-state index in [0.717, 1.165) is 13.1 Å². The van der Waals surface area contributed by atoms with Crippen molar-refractivity contribution in [1.82, 2.24) is 14.7 Å². The summed E-state index contributed by atoms with van der Waals surface area (Å²) in [6, 6.07) is -0.245. The van der Waals surface area contributed by atoms with Crippen LogP contribution in [0, 0.1) is 0 Å². The molecule has 1 atom stereocenters. The fraction of sp³-hybridized carbons (Fsp3) is 0.833. The summed E-state index contributed by atoms with van der Waals surface area (Å²) in [6.45, 7) is 9.52. The largest absolute Gasteiger partial charge is 0.335 e. The summed E-state index contributed by atoms with van der Waals surface area (Å²) in [4.78, 5) is 29.0. The van der Waals surface area contributed by atoms with Crippen LogP contribution in [0.4, 0.5) is 0 Å². The highest BCUT2D eigenvalue weighted by Crippen LogP contribution is 2.16. The first-order chi connectivity index (χ1) is 8.13. The molecule has 2 fully saturated rings. The van der Waals surface area contributed by atoms with Crippen molar-refractivity contribution in [1.29, 1.82) is 0 Å². The van der Waals surface area contributed by atoms with Crippen LogP contribution in [0.3, 0.4) is 0 Å². The van der Waals surface area contributed by atoms with E-state index >= 15 is 0 Å². The average Bonchev–Trinajstić information content (AvgIpc) is 2.38. The lowest BCUT2D eigenvalue weighted by molar-refractivity contribution is -0.158. The molecule has 0 aromatic rings. The number of carbonyl (C=O) groups is 2. The zero-order chi connectivity index (χ0) is 13.0. The zero-order valence-corrected chi connectivity index (χ0v) is 11.3. The minimum atomic E-state index is -0.245. The molecule has 98 valence electrons. The molecule has 2 rings (SSSR count). The number of amides is 2. The van der Waals surface area contributed by atoms with Crippen molar-refractivity contribution in [2.24, 2.45) is 0 Å². The van der Waals surface area contributed by atoms with Gasteiger partial charge in [0.05, 0.1) is 6.54 Å². The molecule has 2 heterocycles. The van der Waals surface area contributed by atoms with Crippen molar-refractivity contribution in [3.05, 3.63) is 0 Å². The second-order valence-electron chi connectivity index (χ2n) is 4.19. The third kappa shape index (κ3) is 2.77. The van der Waals surface area contributed by atoms with Crippen LogP contribution in [0.5, 0.6) is 0 Å². The summed E-state index contributed by atoms with van der Waals surface area (Å²) in [7, 11) is 1.70. The van der Waals surface area contributed by atoms with Gasteiger partial charge in [0.15, 0.2) is 0 Å². The van der Waals surface area contributed by atoms with Gasteiger partial charge in [-0.1, -0.05) is 20.8 Å². The molecule has 1 unspecified atom stereocenters. The molecule has 2 saturated heterocycles. The normalized spacial score (nSPS) is 25.3. The number of rotatable bonds is 1. The number of hydrogen-bond donors (Lipinski definition) is 0. The van der Waals surface area contributed by atoms with Crippen LogP contribution >= 0.6 is 0 Å². The van der Waals surface area contributed by atoms with E-state index in [1.807, 2.05) is 13.8 Å². The number of carbonyl (C=O) groups excluding carboxylic acids is 2. The third-order valence-electron chi connectivity index (χ3n) is 3.27. The second-order valence-corrected chi connectivity index (χ2v) is 4.19. The number of hydrogen-bond acceptors (Lipinski definition) is 3. The van der Waals surface area contributed by atoms with Crippen LogP contribution in [-0.2, 0) is 9.59 Å². The first kappa shape index (κ1) is 14.0. The molecule has 0 saturated carbocycles. The van der Waals surface area contributed by atoms with Gasteiger partial charge in [-0.25, -0.2) is 0 Å². The Morgan fingerprint density at radius 2 is 1.88 bits per heavy atom. The van der Waals surface area contributed by atoms with Crippen LogP contribution in [0.2, 0.25) is 0 Å². The predicted molar refractivity (Wildman–Crippen MR) is 66.6 cm³/mol. The molecular formula is C12H23N3O2. The van der Waals surface area contributed by atoms with E-state index in [9.17, 15) is 9.59 Å². The standard InChI is InChI=1S/C10H17N3O2.C2H6/c1-3-12-4-5-13-8(6-12)10(15)11(2)7-9(13)14;1-2/h8H,3-7H2,1-2H3;1-2H3. The van der Waals surface area contributed by atoms with E-state index in [-0.39, 0.29) is 24.4 Å². The number of piperazine rings is 2. The Bertz CT molecular complexity index is 293. The highest BCUT2D eigenvalue weighted by Gasteiger charge is 2.40. The Labute approximate surface area is 103 Å². The van der Waals surface area contributed by atoms with Gasteiger partial charge < -0.3 is 9.80 Å². The van der Waals surface area contributed by atoms with E-state index in [4.69, 9.17) is 0 Å². The van der Waals surface area contributed by atoms with Crippen molar-refractivity contribution in [3.8, 4) is 0 Å². The fourth-order valence-corrected chi connectivity index (χ4v) is 2.26. The van der Waals surface area contributed by atoms with Crippen molar-refractivity contribution in [3.63, 3.8) is 0 Å². The zero-order valence-electron chi connectivity index (χ0n) is 11.3. The summed E-state index contributed by atoms with van der Waals surface area (Å²) in [5, 5.41) is 0. The van der Waals surface area contributed by atoms with E-state index in [1.54, 1.807) is 11.9 Å². The molecule has 0 aliphatic carbocycles. The minimum Gasteiger partial charge on any atom is -0.335 e. The molecule has 0 spiro atoms. The summed E-state index contributed by atoms with van der Waals surface area (Å²) in [6.07, 6.45) is 0. The van der Waals surface area contributed by atoms with Gasteiger partial charge >= 0.3 is 0 Å². The lowest BCUT2D eigenvalue weighted by Gasteiger charge is -2.45. The molecule has 5 nitrogen and oxygen atoms in total. The van der Waals surface area contributed by atoms with Crippen molar-refractivity contribution in [2.45, 2.75) is 26.8 Å². The third-order valence-corrected chi connectivity index (χ3v) is 3.27. The quantitative estimate of drug-likeness (QED) is 0.650. The van der Waals surface area contributed by atoms with Crippen LogP contribution in [0.1, 0.15) is 20.8 Å². The second kappa shape index (κ2) is 6.00. The fourth-order valence-electron chi connectivity index (χ4n) is 2.26. The monoisotopic (exact) mass is 241 g/mol. The molecule has 2 aliphatic heterocycles. The lowest BCUT2D eigenvalue weighted by Crippen LogP contribution is -2.66. The Hall–Kier alpha value is -1.10. The first-order valence-corrected chi connectivity index (χ1v) is 6.40. The van der Waals surface area contributed by atoms with Crippen molar-refractivity contribution >= 4 is 11.8 Å². The summed E-state index contributed by atoms with van der Waals surface area (Å²) in [5.41, 5.74) is 0. The average molecular weight is 241 g/mol. The number of nitrogens with zero attached hydrogens (tertiary/aromatic N) is 3. The number of likely N-dealkylation sites (N-methyl/N-ethyl adjacent to an activating group) is 2. The molecule has 17 heavy (non-hydrogen) atoms. The Balaban J connectivity index is 0.000000686. The highest BCUT2D eigenvalue weighted by molar-refractivity contribution is 5.95. The van der Waals surface area contributed by atoms with Crippen LogP contribution in [0.15, 0.2) is 0 Å². The van der Waals surface area contributed by atoms with Crippen LogP contribution in [-0.4, -0.2) is 72.3 Å². The molecule has 0 bridgehead atoms. The van der Waals surface area contributed by atoms with Gasteiger partial charge in [-0.3, -0.25) is 14.5 Å². The lowest BCUT2D eigenvalue weighted by atomic mass is 10.1. The molecular weight excluding hydrogens is 218 g/mol. The summed E-state index contributed by atoms with van der Waals surface area (Å²) in [5.74, 6) is 0.158. The molecule has 0 aromatic carbocycles. The Kier molecular flexibility index (Phi) is 4.93. The van der Waals surface area contributed by atoms with E-state index in [2.05, 4.69) is 11.8 Å². The van der Waals surface area contributed by atoms with Gasteiger partial charge in [0.2, 0.25) is 11.8 Å². The molecule has 0 radical (unpaired) electrons. The summed E-state index contributed by atoms with van der Waals surface area (Å²) >= 11 is 0. The van der Waals surface area contributed by atoms with Crippen LogP contribution in [0.25, 0.3) is 0 Å². The van der Waals surface area contributed by atoms with E-state index in [1.165, 1.54) is 4.90 Å². The molecule has 0 aromatic heterocycles. The Morgan fingerprint density at radius 3 is 2.47 bits per heavy atom. The molecule has 2 aliphatic rings. The van der Waals surface area contributed by atoms with Crippen molar-refractivity contribution < 1.29 is 9.59 Å². The maximum absolute atomic E-state index is 11.9.